The molecule has 0 atom stereocenters. The molecule has 0 saturated heterocycles. The van der Waals surface area contributed by atoms with Crippen molar-refractivity contribution in [2.75, 3.05) is 5.73 Å². The highest BCUT2D eigenvalue weighted by atomic mass is 16.1. The molecule has 8 nitrogen and oxygen atoms in total. The second-order valence-corrected chi connectivity index (χ2v) is 6.99. The molecule has 0 radical (unpaired) electrons. The summed E-state index contributed by atoms with van der Waals surface area (Å²) in [5.74, 6) is 0.627. The van der Waals surface area contributed by atoms with E-state index in [-0.39, 0.29) is 11.9 Å². The molecule has 1 amide bonds. The van der Waals surface area contributed by atoms with Gasteiger partial charge in [0, 0.05) is 17.8 Å². The third-order valence-corrected chi connectivity index (χ3v) is 5.12. The monoisotopic (exact) mass is 377 g/mol. The first-order chi connectivity index (χ1) is 13.7. The minimum atomic E-state index is -0.267. The van der Waals surface area contributed by atoms with Gasteiger partial charge in [-0.3, -0.25) is 4.79 Å². The van der Waals surface area contributed by atoms with Gasteiger partial charge in [-0.15, -0.1) is 10.2 Å². The van der Waals surface area contributed by atoms with E-state index in [1.807, 2.05) is 30.3 Å². The molecule has 0 bridgehead atoms. The Labute approximate surface area is 163 Å². The van der Waals surface area contributed by atoms with E-state index >= 15 is 0 Å². The first-order valence-electron chi connectivity index (χ1n) is 9.57. The quantitative estimate of drug-likeness (QED) is 0.707. The number of rotatable bonds is 5. The lowest BCUT2D eigenvalue weighted by Gasteiger charge is -2.24. The van der Waals surface area contributed by atoms with Gasteiger partial charge in [0.25, 0.3) is 5.91 Å². The van der Waals surface area contributed by atoms with Crippen molar-refractivity contribution in [3.8, 4) is 11.3 Å². The van der Waals surface area contributed by atoms with Gasteiger partial charge >= 0.3 is 0 Å². The lowest BCUT2D eigenvalue weighted by atomic mass is 9.95. The van der Waals surface area contributed by atoms with Crippen molar-refractivity contribution in [2.24, 2.45) is 0 Å². The second kappa shape index (κ2) is 8.16. The maximum atomic E-state index is 12.8. The van der Waals surface area contributed by atoms with Crippen LogP contribution in [0, 0.1) is 0 Å². The molecule has 0 spiro atoms. The summed E-state index contributed by atoms with van der Waals surface area (Å²) in [5, 5.41) is 11.2. The molecule has 1 fully saturated rings. The van der Waals surface area contributed by atoms with Crippen molar-refractivity contribution in [1.82, 2.24) is 30.0 Å². The van der Waals surface area contributed by atoms with Crippen LogP contribution in [0.3, 0.4) is 0 Å². The van der Waals surface area contributed by atoms with E-state index in [0.29, 0.717) is 23.8 Å². The SMILES string of the molecule is Nc1ncc(C(=O)NCc2nncn2C2CCCCC2)c(-c2ccccc2)n1. The number of nitrogens with two attached hydrogens (primary N) is 1. The first-order valence-corrected chi connectivity index (χ1v) is 9.57. The van der Waals surface area contributed by atoms with E-state index in [1.165, 1.54) is 25.5 Å². The van der Waals surface area contributed by atoms with Crippen LogP contribution in [0.1, 0.15) is 54.3 Å². The van der Waals surface area contributed by atoms with Gasteiger partial charge < -0.3 is 15.6 Å². The smallest absolute Gasteiger partial charge is 0.255 e. The van der Waals surface area contributed by atoms with Gasteiger partial charge in [0.05, 0.1) is 17.8 Å². The molecule has 2 aromatic heterocycles. The van der Waals surface area contributed by atoms with Crippen molar-refractivity contribution < 1.29 is 4.79 Å². The first kappa shape index (κ1) is 18.1. The number of carbonyl (C=O) groups is 1. The van der Waals surface area contributed by atoms with Crippen LogP contribution in [0.4, 0.5) is 5.95 Å². The van der Waals surface area contributed by atoms with Gasteiger partial charge in [-0.1, -0.05) is 49.6 Å². The Kier molecular flexibility index (Phi) is 5.27. The van der Waals surface area contributed by atoms with E-state index in [9.17, 15) is 4.79 Å². The minimum absolute atomic E-state index is 0.132. The Morgan fingerprint density at radius 3 is 2.75 bits per heavy atom. The molecule has 1 aromatic carbocycles. The predicted molar refractivity (Wildman–Crippen MR) is 105 cm³/mol. The molecule has 1 aliphatic rings. The zero-order valence-electron chi connectivity index (χ0n) is 15.6. The fourth-order valence-corrected chi connectivity index (χ4v) is 3.69. The lowest BCUT2D eigenvalue weighted by Crippen LogP contribution is -2.27. The van der Waals surface area contributed by atoms with Crippen LogP contribution >= 0.6 is 0 Å². The van der Waals surface area contributed by atoms with E-state index in [0.717, 1.165) is 24.2 Å². The van der Waals surface area contributed by atoms with Crippen LogP contribution in [0.2, 0.25) is 0 Å². The highest BCUT2D eigenvalue weighted by Gasteiger charge is 2.20. The molecular weight excluding hydrogens is 354 g/mol. The van der Waals surface area contributed by atoms with Crippen molar-refractivity contribution in [3.05, 3.63) is 54.2 Å². The summed E-state index contributed by atoms with van der Waals surface area (Å²) < 4.78 is 2.09. The van der Waals surface area contributed by atoms with Crippen molar-refractivity contribution in [3.63, 3.8) is 0 Å². The number of amides is 1. The van der Waals surface area contributed by atoms with Crippen LogP contribution in [-0.2, 0) is 6.54 Å². The Hall–Kier alpha value is -3.29. The van der Waals surface area contributed by atoms with Gasteiger partial charge in [-0.05, 0) is 12.8 Å². The van der Waals surface area contributed by atoms with Gasteiger partial charge in [0.1, 0.15) is 6.33 Å². The summed E-state index contributed by atoms with van der Waals surface area (Å²) in [5.41, 5.74) is 7.45. The Bertz CT molecular complexity index is 948. The standard InChI is InChI=1S/C20H23N7O/c21-20-23-11-16(18(25-20)14-7-3-1-4-8-14)19(28)22-12-17-26-24-13-27(17)15-9-5-2-6-10-15/h1,3-4,7-8,11,13,15H,2,5-6,9-10,12H2,(H,22,28)(H2,21,23,25). The zero-order chi connectivity index (χ0) is 19.3. The maximum Gasteiger partial charge on any atom is 0.255 e. The minimum Gasteiger partial charge on any atom is -0.368 e. The molecule has 3 aromatic rings. The van der Waals surface area contributed by atoms with Gasteiger partial charge in [-0.2, -0.15) is 0 Å². The number of nitrogen functional groups attached to an aromatic ring is 1. The number of anilines is 1. The normalized spacial score (nSPS) is 14.7. The molecule has 8 heteroatoms. The fraction of sp³-hybridized carbons (Fsp3) is 0.350. The van der Waals surface area contributed by atoms with Crippen molar-refractivity contribution in [2.45, 2.75) is 44.7 Å². The second-order valence-electron chi connectivity index (χ2n) is 6.99. The van der Waals surface area contributed by atoms with E-state index < -0.39 is 0 Å². The average molecular weight is 377 g/mol. The number of aromatic nitrogens is 5. The van der Waals surface area contributed by atoms with E-state index in [1.54, 1.807) is 6.33 Å². The van der Waals surface area contributed by atoms with E-state index in [2.05, 4.69) is 30.0 Å². The van der Waals surface area contributed by atoms with Crippen molar-refractivity contribution in [1.29, 1.82) is 0 Å². The summed E-state index contributed by atoms with van der Waals surface area (Å²) in [6, 6.07) is 9.88. The van der Waals surface area contributed by atoms with Gasteiger partial charge in [0.2, 0.25) is 5.95 Å². The fourth-order valence-electron chi connectivity index (χ4n) is 3.69. The molecular formula is C20H23N7O. The summed E-state index contributed by atoms with van der Waals surface area (Å²) in [6.07, 6.45) is 9.21. The third-order valence-electron chi connectivity index (χ3n) is 5.12. The zero-order valence-corrected chi connectivity index (χ0v) is 15.6. The number of hydrogen-bond donors (Lipinski definition) is 2. The van der Waals surface area contributed by atoms with Crippen LogP contribution in [0.5, 0.6) is 0 Å². The van der Waals surface area contributed by atoms with Crippen molar-refractivity contribution >= 4 is 11.9 Å². The molecule has 4 rings (SSSR count). The Balaban J connectivity index is 1.52. The van der Waals surface area contributed by atoms with Crippen LogP contribution < -0.4 is 11.1 Å². The topological polar surface area (TPSA) is 112 Å². The van der Waals surface area contributed by atoms with Crippen LogP contribution in [0.25, 0.3) is 11.3 Å². The summed E-state index contributed by atoms with van der Waals surface area (Å²) in [7, 11) is 0. The average Bonchev–Trinajstić information content (AvgIpc) is 3.22. The molecule has 3 N–H and O–H groups in total. The molecule has 28 heavy (non-hydrogen) atoms. The van der Waals surface area contributed by atoms with Crippen LogP contribution in [0.15, 0.2) is 42.9 Å². The molecule has 1 saturated carbocycles. The maximum absolute atomic E-state index is 12.8. The summed E-state index contributed by atoms with van der Waals surface area (Å²) in [4.78, 5) is 21.1. The number of benzene rings is 1. The largest absolute Gasteiger partial charge is 0.368 e. The Morgan fingerprint density at radius 1 is 1.18 bits per heavy atom. The summed E-state index contributed by atoms with van der Waals surface area (Å²) >= 11 is 0. The molecule has 1 aliphatic carbocycles. The van der Waals surface area contributed by atoms with Crippen LogP contribution in [-0.4, -0.2) is 30.6 Å². The third kappa shape index (κ3) is 3.85. The van der Waals surface area contributed by atoms with E-state index in [4.69, 9.17) is 5.73 Å². The summed E-state index contributed by atoms with van der Waals surface area (Å²) in [6.45, 7) is 0.300. The number of nitrogens with zero attached hydrogens (tertiary/aromatic N) is 5. The molecule has 0 aliphatic heterocycles. The predicted octanol–water partition coefficient (Wildman–Crippen LogP) is 2.75. The lowest BCUT2D eigenvalue weighted by molar-refractivity contribution is 0.0949. The highest BCUT2D eigenvalue weighted by molar-refractivity contribution is 5.99. The molecule has 2 heterocycles. The van der Waals surface area contributed by atoms with Gasteiger partial charge in [0.15, 0.2) is 5.82 Å². The molecule has 0 unspecified atom stereocenters. The molecule has 144 valence electrons. The number of carbonyl (C=O) groups excluding carboxylic acids is 1. The van der Waals surface area contributed by atoms with Gasteiger partial charge in [-0.25, -0.2) is 9.97 Å². The Morgan fingerprint density at radius 2 is 1.96 bits per heavy atom. The number of hydrogen-bond acceptors (Lipinski definition) is 6. The number of nitrogens with one attached hydrogen (secondary N) is 1. The highest BCUT2D eigenvalue weighted by Crippen LogP contribution is 2.28.